The molecular formula is C17H26N2O3S. The molecule has 0 aliphatic carbocycles. The molecule has 1 aromatic heterocycles. The summed E-state index contributed by atoms with van der Waals surface area (Å²) in [6.07, 6.45) is 0. The largest absolute Gasteiger partial charge is 0.383 e. The van der Waals surface area contributed by atoms with Gasteiger partial charge >= 0.3 is 0 Å². The Kier molecular flexibility index (Phi) is 5.36. The summed E-state index contributed by atoms with van der Waals surface area (Å²) < 4.78 is 11.1. The first kappa shape index (κ1) is 16.9. The average molecular weight is 338 g/mol. The predicted octanol–water partition coefficient (Wildman–Crippen LogP) is 1.81. The van der Waals surface area contributed by atoms with Crippen LogP contribution in [0.5, 0.6) is 0 Å². The van der Waals surface area contributed by atoms with Crippen LogP contribution in [0.4, 0.5) is 0 Å². The lowest BCUT2D eigenvalue weighted by molar-refractivity contribution is 0.0469. The van der Waals surface area contributed by atoms with Gasteiger partial charge in [-0.05, 0) is 17.4 Å². The van der Waals surface area contributed by atoms with Gasteiger partial charge in [0.2, 0.25) is 0 Å². The maximum absolute atomic E-state index is 12.8. The van der Waals surface area contributed by atoms with E-state index in [0.717, 1.165) is 44.3 Å². The van der Waals surface area contributed by atoms with Gasteiger partial charge in [-0.3, -0.25) is 4.79 Å². The highest BCUT2D eigenvalue weighted by molar-refractivity contribution is 7.12. The molecule has 0 saturated carbocycles. The zero-order chi connectivity index (χ0) is 16.3. The number of likely N-dealkylation sites (tertiary alicyclic amines) is 1. The summed E-state index contributed by atoms with van der Waals surface area (Å²) in [6.45, 7) is 8.85. The van der Waals surface area contributed by atoms with Crippen LogP contribution in [0.3, 0.4) is 0 Å². The van der Waals surface area contributed by atoms with E-state index in [1.807, 2.05) is 22.4 Å². The van der Waals surface area contributed by atoms with E-state index >= 15 is 0 Å². The van der Waals surface area contributed by atoms with Crippen molar-refractivity contribution in [3.63, 3.8) is 0 Å². The fourth-order valence-electron chi connectivity index (χ4n) is 3.72. The number of carbonyl (C=O) groups excluding carboxylic acids is 1. The lowest BCUT2D eigenvalue weighted by Crippen LogP contribution is -2.45. The van der Waals surface area contributed by atoms with Crippen molar-refractivity contribution >= 4 is 17.2 Å². The molecule has 1 spiro atoms. The molecule has 0 radical (unpaired) electrons. The van der Waals surface area contributed by atoms with Crippen molar-refractivity contribution in [2.24, 2.45) is 11.3 Å². The molecule has 2 aliphatic heterocycles. The van der Waals surface area contributed by atoms with E-state index in [0.29, 0.717) is 19.1 Å². The Morgan fingerprint density at radius 1 is 1.52 bits per heavy atom. The lowest BCUT2D eigenvalue weighted by Gasteiger charge is -2.35. The SMILES string of the molecule is COCCN1C[C@@H](C)[C@@]2(COCCN(C(=O)c3cccs3)C2)C1. The topological polar surface area (TPSA) is 42.0 Å². The van der Waals surface area contributed by atoms with E-state index in [-0.39, 0.29) is 11.3 Å². The summed E-state index contributed by atoms with van der Waals surface area (Å²) in [6, 6.07) is 3.85. The number of methoxy groups -OCH3 is 1. The fraction of sp³-hybridized carbons (Fsp3) is 0.706. The van der Waals surface area contributed by atoms with Gasteiger partial charge in [-0.15, -0.1) is 11.3 Å². The Labute approximate surface area is 142 Å². The number of hydrogen-bond acceptors (Lipinski definition) is 5. The van der Waals surface area contributed by atoms with Gasteiger partial charge in [0.25, 0.3) is 5.91 Å². The van der Waals surface area contributed by atoms with Gasteiger partial charge < -0.3 is 19.3 Å². The number of hydrogen-bond donors (Lipinski definition) is 0. The first-order valence-corrected chi connectivity index (χ1v) is 9.14. The Hall–Kier alpha value is -0.950. The van der Waals surface area contributed by atoms with Crippen LogP contribution in [0.2, 0.25) is 0 Å². The third-order valence-corrected chi connectivity index (χ3v) is 6.01. The van der Waals surface area contributed by atoms with Crippen molar-refractivity contribution in [3.8, 4) is 0 Å². The van der Waals surface area contributed by atoms with E-state index in [1.54, 1.807) is 7.11 Å². The van der Waals surface area contributed by atoms with Crippen LogP contribution in [0.25, 0.3) is 0 Å². The van der Waals surface area contributed by atoms with Gasteiger partial charge in [0, 0.05) is 45.2 Å². The summed E-state index contributed by atoms with van der Waals surface area (Å²) in [5, 5.41) is 1.96. The summed E-state index contributed by atoms with van der Waals surface area (Å²) >= 11 is 1.52. The minimum absolute atomic E-state index is 0.0389. The van der Waals surface area contributed by atoms with Gasteiger partial charge in [0.1, 0.15) is 0 Å². The van der Waals surface area contributed by atoms with Gasteiger partial charge in [0.05, 0.1) is 24.7 Å². The number of carbonyl (C=O) groups is 1. The predicted molar refractivity (Wildman–Crippen MR) is 91.0 cm³/mol. The molecule has 2 fully saturated rings. The first-order valence-electron chi connectivity index (χ1n) is 8.26. The van der Waals surface area contributed by atoms with Crippen molar-refractivity contribution in [1.82, 2.24) is 9.80 Å². The van der Waals surface area contributed by atoms with E-state index in [2.05, 4.69) is 11.8 Å². The number of amides is 1. The molecule has 0 N–H and O–H groups in total. The third kappa shape index (κ3) is 3.60. The van der Waals surface area contributed by atoms with E-state index < -0.39 is 0 Å². The Morgan fingerprint density at radius 2 is 2.39 bits per heavy atom. The summed E-state index contributed by atoms with van der Waals surface area (Å²) in [5.41, 5.74) is 0.0389. The van der Waals surface area contributed by atoms with Gasteiger partial charge in [-0.2, -0.15) is 0 Å². The molecule has 0 bridgehead atoms. The van der Waals surface area contributed by atoms with Gasteiger partial charge in [-0.1, -0.05) is 13.0 Å². The number of rotatable bonds is 4. The highest BCUT2D eigenvalue weighted by atomic mass is 32.1. The minimum atomic E-state index is 0.0389. The van der Waals surface area contributed by atoms with E-state index in [1.165, 1.54) is 11.3 Å². The van der Waals surface area contributed by atoms with Crippen molar-refractivity contribution in [2.45, 2.75) is 6.92 Å². The van der Waals surface area contributed by atoms with E-state index in [9.17, 15) is 4.79 Å². The van der Waals surface area contributed by atoms with E-state index in [4.69, 9.17) is 9.47 Å². The van der Waals surface area contributed by atoms with Crippen molar-refractivity contribution in [2.75, 3.05) is 59.7 Å². The second-order valence-corrected chi connectivity index (χ2v) is 7.70. The monoisotopic (exact) mass is 338 g/mol. The molecule has 0 unspecified atom stereocenters. The zero-order valence-corrected chi connectivity index (χ0v) is 14.8. The standard InChI is InChI=1S/C17H26N2O3S/c1-14-10-18(5-7-21-2)11-17(14)12-19(6-8-22-13-17)16(20)15-4-3-9-23-15/h3-4,9,14H,5-8,10-13H2,1-2H3/t14-,17+/m1/s1. The molecule has 2 atom stereocenters. The molecule has 23 heavy (non-hydrogen) atoms. The van der Waals surface area contributed by atoms with Crippen LogP contribution < -0.4 is 0 Å². The Balaban J connectivity index is 1.73. The normalized spacial score (nSPS) is 29.1. The second-order valence-electron chi connectivity index (χ2n) is 6.75. The molecular weight excluding hydrogens is 312 g/mol. The highest BCUT2D eigenvalue weighted by Crippen LogP contribution is 2.38. The van der Waals surface area contributed by atoms with Gasteiger partial charge in [0.15, 0.2) is 0 Å². The Morgan fingerprint density at radius 3 is 3.13 bits per heavy atom. The fourth-order valence-corrected chi connectivity index (χ4v) is 4.41. The summed E-state index contributed by atoms with van der Waals surface area (Å²) in [5.74, 6) is 0.656. The number of nitrogens with zero attached hydrogens (tertiary/aromatic N) is 2. The number of ether oxygens (including phenoxy) is 2. The van der Waals surface area contributed by atoms with Crippen LogP contribution in [0.15, 0.2) is 17.5 Å². The molecule has 2 aliphatic rings. The van der Waals surface area contributed by atoms with Crippen LogP contribution in [0.1, 0.15) is 16.6 Å². The van der Waals surface area contributed by atoms with Gasteiger partial charge in [-0.25, -0.2) is 0 Å². The molecule has 3 rings (SSSR count). The molecule has 1 aromatic rings. The second kappa shape index (κ2) is 7.30. The summed E-state index contributed by atoms with van der Waals surface area (Å²) in [4.78, 5) is 18.0. The van der Waals surface area contributed by atoms with Crippen LogP contribution in [-0.2, 0) is 9.47 Å². The molecule has 128 valence electrons. The minimum Gasteiger partial charge on any atom is -0.383 e. The maximum Gasteiger partial charge on any atom is 0.264 e. The molecule has 3 heterocycles. The number of thiophene rings is 1. The first-order chi connectivity index (χ1) is 11.1. The lowest BCUT2D eigenvalue weighted by atomic mass is 9.79. The average Bonchev–Trinajstić information content (AvgIpc) is 3.11. The molecule has 1 amide bonds. The van der Waals surface area contributed by atoms with Crippen LogP contribution in [-0.4, -0.2) is 75.4 Å². The van der Waals surface area contributed by atoms with Crippen molar-refractivity contribution in [3.05, 3.63) is 22.4 Å². The molecule has 5 nitrogen and oxygen atoms in total. The molecule has 2 saturated heterocycles. The summed E-state index contributed by atoms with van der Waals surface area (Å²) in [7, 11) is 1.74. The quantitative estimate of drug-likeness (QED) is 0.840. The smallest absolute Gasteiger partial charge is 0.264 e. The zero-order valence-electron chi connectivity index (χ0n) is 14.0. The maximum atomic E-state index is 12.8. The van der Waals surface area contributed by atoms with Crippen LogP contribution >= 0.6 is 11.3 Å². The van der Waals surface area contributed by atoms with Crippen molar-refractivity contribution in [1.29, 1.82) is 0 Å². The van der Waals surface area contributed by atoms with Crippen LogP contribution in [0, 0.1) is 11.3 Å². The molecule has 6 heteroatoms. The van der Waals surface area contributed by atoms with Crippen molar-refractivity contribution < 1.29 is 14.3 Å². The molecule has 0 aromatic carbocycles. The Bertz CT molecular complexity index is 522. The highest BCUT2D eigenvalue weighted by Gasteiger charge is 2.47. The third-order valence-electron chi connectivity index (χ3n) is 5.15.